The highest BCUT2D eigenvalue weighted by molar-refractivity contribution is 6.30. The lowest BCUT2D eigenvalue weighted by molar-refractivity contribution is -0.122. The van der Waals surface area contributed by atoms with Crippen molar-refractivity contribution < 1.29 is 9.53 Å². The number of halogens is 1. The highest BCUT2D eigenvalue weighted by atomic mass is 35.5. The average Bonchev–Trinajstić information content (AvgIpc) is 2.41. The first-order chi connectivity index (χ1) is 9.15. The minimum Gasteiger partial charge on any atom is -0.383 e. The summed E-state index contributed by atoms with van der Waals surface area (Å²) in [5.74, 6) is -0.187. The van der Waals surface area contributed by atoms with Gasteiger partial charge in [0.25, 0.3) is 0 Å². The zero-order chi connectivity index (χ0) is 14.1. The van der Waals surface area contributed by atoms with Crippen LogP contribution < -0.4 is 10.6 Å². The lowest BCUT2D eigenvalue weighted by atomic mass is 10.0. The zero-order valence-corrected chi connectivity index (χ0v) is 12.2. The third-order valence-electron chi connectivity index (χ3n) is 2.83. The molecule has 19 heavy (non-hydrogen) atoms. The summed E-state index contributed by atoms with van der Waals surface area (Å²) in [5.41, 5.74) is 0.928. The first kappa shape index (κ1) is 16.0. The zero-order valence-electron chi connectivity index (χ0n) is 11.4. The minimum absolute atomic E-state index is 0.0100. The summed E-state index contributed by atoms with van der Waals surface area (Å²) in [4.78, 5) is 11.9. The van der Waals surface area contributed by atoms with E-state index in [1.807, 2.05) is 25.1 Å². The molecule has 1 rings (SSSR count). The van der Waals surface area contributed by atoms with Crippen molar-refractivity contribution >= 4 is 17.5 Å². The molecule has 1 unspecified atom stereocenters. The number of benzene rings is 1. The van der Waals surface area contributed by atoms with Gasteiger partial charge in [-0.2, -0.15) is 0 Å². The quantitative estimate of drug-likeness (QED) is 0.716. The molecule has 0 spiro atoms. The smallest absolute Gasteiger partial charge is 0.227 e. The Bertz CT molecular complexity index is 399. The molecule has 0 fully saturated rings. The van der Waals surface area contributed by atoms with Crippen molar-refractivity contribution in [3.63, 3.8) is 0 Å². The molecule has 0 aromatic heterocycles. The van der Waals surface area contributed by atoms with Gasteiger partial charge in [0, 0.05) is 31.8 Å². The number of carbonyl (C=O) groups is 1. The first-order valence-electron chi connectivity index (χ1n) is 6.38. The van der Waals surface area contributed by atoms with E-state index < -0.39 is 0 Å². The van der Waals surface area contributed by atoms with Gasteiger partial charge in [0.05, 0.1) is 12.5 Å². The molecule has 0 aliphatic heterocycles. The highest BCUT2D eigenvalue weighted by Gasteiger charge is 2.14. The standard InChI is InChI=1S/C14H21ClN2O2/c1-11(12-4-3-5-13(15)10-12)14(18)17-7-6-16-8-9-19-2/h3-5,10-11,16H,6-9H2,1-2H3,(H,17,18). The van der Waals surface area contributed by atoms with Crippen molar-refractivity contribution in [2.24, 2.45) is 0 Å². The van der Waals surface area contributed by atoms with E-state index in [0.29, 0.717) is 18.2 Å². The van der Waals surface area contributed by atoms with Gasteiger partial charge in [0.2, 0.25) is 5.91 Å². The molecule has 0 aliphatic rings. The maximum atomic E-state index is 11.9. The lowest BCUT2D eigenvalue weighted by Gasteiger charge is -2.13. The SMILES string of the molecule is COCCNCCNC(=O)C(C)c1cccc(Cl)c1. The summed E-state index contributed by atoms with van der Waals surface area (Å²) in [6, 6.07) is 7.39. The predicted octanol–water partition coefficient (Wildman–Crippen LogP) is 1.80. The number of hydrogen-bond donors (Lipinski definition) is 2. The van der Waals surface area contributed by atoms with Gasteiger partial charge < -0.3 is 15.4 Å². The summed E-state index contributed by atoms with van der Waals surface area (Å²) in [6.45, 7) is 4.67. The molecule has 0 aliphatic carbocycles. The van der Waals surface area contributed by atoms with Crippen LogP contribution in [0.4, 0.5) is 0 Å². The summed E-state index contributed by atoms with van der Waals surface area (Å²) in [5, 5.41) is 6.71. The number of methoxy groups -OCH3 is 1. The molecule has 0 heterocycles. The summed E-state index contributed by atoms with van der Waals surface area (Å²) < 4.78 is 4.91. The fraction of sp³-hybridized carbons (Fsp3) is 0.500. The van der Waals surface area contributed by atoms with Crippen LogP contribution in [0.1, 0.15) is 18.4 Å². The third-order valence-corrected chi connectivity index (χ3v) is 3.06. The van der Waals surface area contributed by atoms with E-state index in [-0.39, 0.29) is 11.8 Å². The highest BCUT2D eigenvalue weighted by Crippen LogP contribution is 2.19. The molecule has 2 N–H and O–H groups in total. The van der Waals surface area contributed by atoms with E-state index in [4.69, 9.17) is 16.3 Å². The van der Waals surface area contributed by atoms with Gasteiger partial charge in [-0.1, -0.05) is 23.7 Å². The Labute approximate surface area is 119 Å². The van der Waals surface area contributed by atoms with E-state index in [0.717, 1.165) is 18.7 Å². The van der Waals surface area contributed by atoms with Crippen molar-refractivity contribution in [2.75, 3.05) is 33.4 Å². The average molecular weight is 285 g/mol. The molecular weight excluding hydrogens is 264 g/mol. The number of ether oxygens (including phenoxy) is 1. The van der Waals surface area contributed by atoms with Gasteiger partial charge >= 0.3 is 0 Å². The second-order valence-electron chi connectivity index (χ2n) is 4.31. The normalized spacial score (nSPS) is 12.2. The van der Waals surface area contributed by atoms with Gasteiger partial charge in [-0.15, -0.1) is 0 Å². The first-order valence-corrected chi connectivity index (χ1v) is 6.75. The molecule has 106 valence electrons. The van der Waals surface area contributed by atoms with Gasteiger partial charge in [-0.3, -0.25) is 4.79 Å². The predicted molar refractivity (Wildman–Crippen MR) is 77.6 cm³/mol. The Balaban J connectivity index is 2.29. The van der Waals surface area contributed by atoms with Crippen LogP contribution in [0.25, 0.3) is 0 Å². The molecule has 1 aromatic carbocycles. The Morgan fingerprint density at radius 3 is 2.84 bits per heavy atom. The van der Waals surface area contributed by atoms with Crippen LogP contribution in [0.3, 0.4) is 0 Å². The number of nitrogens with one attached hydrogen (secondary N) is 2. The van der Waals surface area contributed by atoms with Crippen LogP contribution in [0, 0.1) is 0 Å². The van der Waals surface area contributed by atoms with E-state index in [1.165, 1.54) is 0 Å². The largest absolute Gasteiger partial charge is 0.383 e. The molecule has 0 bridgehead atoms. The molecule has 0 radical (unpaired) electrons. The fourth-order valence-corrected chi connectivity index (χ4v) is 1.85. The maximum absolute atomic E-state index is 11.9. The van der Waals surface area contributed by atoms with Crippen LogP contribution in [-0.4, -0.2) is 39.3 Å². The Morgan fingerprint density at radius 2 is 2.16 bits per heavy atom. The van der Waals surface area contributed by atoms with E-state index in [9.17, 15) is 4.79 Å². The number of rotatable bonds is 8. The number of amides is 1. The fourth-order valence-electron chi connectivity index (χ4n) is 1.65. The molecule has 0 saturated carbocycles. The topological polar surface area (TPSA) is 50.4 Å². The molecule has 4 nitrogen and oxygen atoms in total. The van der Waals surface area contributed by atoms with Gasteiger partial charge in [0.1, 0.15) is 0 Å². The van der Waals surface area contributed by atoms with Gasteiger partial charge in [0.15, 0.2) is 0 Å². The van der Waals surface area contributed by atoms with Crippen LogP contribution in [0.5, 0.6) is 0 Å². The van der Waals surface area contributed by atoms with Crippen molar-refractivity contribution in [2.45, 2.75) is 12.8 Å². The molecular formula is C14H21ClN2O2. The number of carbonyl (C=O) groups excluding carboxylic acids is 1. The summed E-state index contributed by atoms with van der Waals surface area (Å²) in [6.07, 6.45) is 0. The van der Waals surface area contributed by atoms with Crippen LogP contribution in [-0.2, 0) is 9.53 Å². The number of hydrogen-bond acceptors (Lipinski definition) is 3. The molecule has 1 amide bonds. The Morgan fingerprint density at radius 1 is 1.37 bits per heavy atom. The van der Waals surface area contributed by atoms with Crippen molar-refractivity contribution in [3.05, 3.63) is 34.9 Å². The third kappa shape index (κ3) is 6.05. The second kappa shape index (κ2) is 8.91. The summed E-state index contributed by atoms with van der Waals surface area (Å²) >= 11 is 5.92. The monoisotopic (exact) mass is 284 g/mol. The van der Waals surface area contributed by atoms with Crippen molar-refractivity contribution in [3.8, 4) is 0 Å². The van der Waals surface area contributed by atoms with E-state index in [1.54, 1.807) is 13.2 Å². The Hall–Kier alpha value is -1.10. The van der Waals surface area contributed by atoms with Crippen molar-refractivity contribution in [1.82, 2.24) is 10.6 Å². The molecule has 0 saturated heterocycles. The van der Waals surface area contributed by atoms with E-state index in [2.05, 4.69) is 10.6 Å². The van der Waals surface area contributed by atoms with Gasteiger partial charge in [-0.25, -0.2) is 0 Å². The van der Waals surface area contributed by atoms with E-state index >= 15 is 0 Å². The second-order valence-corrected chi connectivity index (χ2v) is 4.75. The van der Waals surface area contributed by atoms with Crippen LogP contribution in [0.15, 0.2) is 24.3 Å². The molecule has 1 aromatic rings. The van der Waals surface area contributed by atoms with Crippen LogP contribution >= 0.6 is 11.6 Å². The maximum Gasteiger partial charge on any atom is 0.227 e. The molecule has 1 atom stereocenters. The molecule has 5 heteroatoms. The van der Waals surface area contributed by atoms with Gasteiger partial charge in [-0.05, 0) is 24.6 Å². The van der Waals surface area contributed by atoms with Crippen molar-refractivity contribution in [1.29, 1.82) is 0 Å². The summed E-state index contributed by atoms with van der Waals surface area (Å²) in [7, 11) is 1.66. The minimum atomic E-state index is -0.197. The van der Waals surface area contributed by atoms with Crippen LogP contribution in [0.2, 0.25) is 5.02 Å². The Kier molecular flexibility index (Phi) is 7.48. The lowest BCUT2D eigenvalue weighted by Crippen LogP contribution is -2.35.